The monoisotopic (exact) mass is 383 g/mol. The molecule has 0 bridgehead atoms. The highest BCUT2D eigenvalue weighted by Gasteiger charge is 2.11. The van der Waals surface area contributed by atoms with Crippen molar-refractivity contribution in [1.29, 1.82) is 0 Å². The molecule has 0 saturated heterocycles. The number of nitrogens with zero attached hydrogens (tertiary/aromatic N) is 1. The summed E-state index contributed by atoms with van der Waals surface area (Å²) in [5.41, 5.74) is 7.43. The third-order valence-electron chi connectivity index (χ3n) is 3.61. The number of methoxy groups -OCH3 is 1. The van der Waals surface area contributed by atoms with Crippen molar-refractivity contribution in [1.82, 2.24) is 4.98 Å². The van der Waals surface area contributed by atoms with Gasteiger partial charge < -0.3 is 20.5 Å². The van der Waals surface area contributed by atoms with Crippen LogP contribution in [0.3, 0.4) is 0 Å². The summed E-state index contributed by atoms with van der Waals surface area (Å²) in [6.07, 6.45) is 0. The van der Waals surface area contributed by atoms with Crippen molar-refractivity contribution < 1.29 is 19.1 Å². The zero-order valence-electron chi connectivity index (χ0n) is 14.5. The van der Waals surface area contributed by atoms with E-state index in [0.29, 0.717) is 16.9 Å². The largest absolute Gasteiger partial charge is 0.497 e. The quantitative estimate of drug-likeness (QED) is 0.632. The molecule has 138 valence electrons. The van der Waals surface area contributed by atoms with Gasteiger partial charge in [-0.3, -0.25) is 0 Å². The van der Waals surface area contributed by atoms with Gasteiger partial charge in [0.25, 0.3) is 0 Å². The standard InChI is InChI=1S/C19H17N3O4S/c1-25-16-7-5-12(6-8-16)17-21-15(11-27-17)10-26-18(23)13-3-2-4-14(9-13)22-19(20)24/h2-9,11H,10H2,1H3,(H3,20,22,24). The molecule has 1 aromatic heterocycles. The van der Waals surface area contributed by atoms with Crippen LogP contribution in [0.1, 0.15) is 16.1 Å². The number of thiazole rings is 1. The molecule has 2 aromatic carbocycles. The Morgan fingerprint density at radius 1 is 1.19 bits per heavy atom. The Balaban J connectivity index is 1.62. The maximum atomic E-state index is 12.2. The fourth-order valence-corrected chi connectivity index (χ4v) is 3.14. The molecule has 1 heterocycles. The highest BCUT2D eigenvalue weighted by atomic mass is 32.1. The molecule has 0 aliphatic rings. The topological polar surface area (TPSA) is 104 Å². The highest BCUT2D eigenvalue weighted by Crippen LogP contribution is 2.26. The maximum Gasteiger partial charge on any atom is 0.338 e. The first-order chi connectivity index (χ1) is 13.0. The van der Waals surface area contributed by atoms with Gasteiger partial charge in [0.15, 0.2) is 0 Å². The Morgan fingerprint density at radius 2 is 1.96 bits per heavy atom. The Bertz CT molecular complexity index is 954. The fourth-order valence-electron chi connectivity index (χ4n) is 2.33. The summed E-state index contributed by atoms with van der Waals surface area (Å²) in [5, 5.41) is 5.09. The molecule has 27 heavy (non-hydrogen) atoms. The predicted octanol–water partition coefficient (Wildman–Crippen LogP) is 3.67. The van der Waals surface area contributed by atoms with Gasteiger partial charge in [0.05, 0.1) is 18.4 Å². The lowest BCUT2D eigenvalue weighted by Crippen LogP contribution is -2.19. The number of urea groups is 1. The molecule has 0 aliphatic heterocycles. The molecule has 0 atom stereocenters. The van der Waals surface area contributed by atoms with Crippen molar-refractivity contribution in [2.45, 2.75) is 6.61 Å². The molecular formula is C19H17N3O4S. The number of nitrogens with two attached hydrogens (primary N) is 1. The summed E-state index contributed by atoms with van der Waals surface area (Å²) in [4.78, 5) is 27.6. The molecule has 3 aromatic rings. The molecule has 7 nitrogen and oxygen atoms in total. The predicted molar refractivity (Wildman–Crippen MR) is 103 cm³/mol. The summed E-state index contributed by atoms with van der Waals surface area (Å²) in [5.74, 6) is 0.264. The number of primary amides is 1. The van der Waals surface area contributed by atoms with Crippen LogP contribution in [-0.4, -0.2) is 24.1 Å². The van der Waals surface area contributed by atoms with Crippen LogP contribution in [-0.2, 0) is 11.3 Å². The minimum absolute atomic E-state index is 0.0545. The van der Waals surface area contributed by atoms with Crippen molar-refractivity contribution in [2.75, 3.05) is 12.4 Å². The second-order valence-electron chi connectivity index (χ2n) is 5.52. The van der Waals surface area contributed by atoms with Crippen LogP contribution >= 0.6 is 11.3 Å². The Morgan fingerprint density at radius 3 is 2.67 bits per heavy atom. The number of aromatic nitrogens is 1. The third kappa shape index (κ3) is 4.83. The van der Waals surface area contributed by atoms with E-state index < -0.39 is 12.0 Å². The molecule has 0 aliphatic carbocycles. The average molecular weight is 383 g/mol. The molecule has 8 heteroatoms. The summed E-state index contributed by atoms with van der Waals surface area (Å²) in [6.45, 7) is 0.0545. The van der Waals surface area contributed by atoms with E-state index in [1.54, 1.807) is 25.3 Å². The number of amides is 2. The number of anilines is 1. The molecule has 3 rings (SSSR count). The molecule has 0 radical (unpaired) electrons. The molecule has 0 spiro atoms. The minimum atomic E-state index is -0.700. The first-order valence-electron chi connectivity index (χ1n) is 7.97. The van der Waals surface area contributed by atoms with E-state index in [1.165, 1.54) is 17.4 Å². The number of ether oxygens (including phenoxy) is 2. The van der Waals surface area contributed by atoms with Gasteiger partial charge in [-0.05, 0) is 42.5 Å². The van der Waals surface area contributed by atoms with Gasteiger partial charge in [0, 0.05) is 16.6 Å². The van der Waals surface area contributed by atoms with E-state index in [4.69, 9.17) is 15.2 Å². The molecular weight excluding hydrogens is 366 g/mol. The van der Waals surface area contributed by atoms with Crippen LogP contribution in [0.25, 0.3) is 10.6 Å². The summed E-state index contributed by atoms with van der Waals surface area (Å²) in [6, 6.07) is 13.2. The van der Waals surface area contributed by atoms with Crippen LogP contribution in [0.4, 0.5) is 10.5 Å². The molecule has 0 saturated carbocycles. The lowest BCUT2D eigenvalue weighted by Gasteiger charge is -2.06. The van der Waals surface area contributed by atoms with E-state index in [2.05, 4.69) is 10.3 Å². The van der Waals surface area contributed by atoms with E-state index >= 15 is 0 Å². The SMILES string of the molecule is COc1ccc(-c2nc(COC(=O)c3cccc(NC(N)=O)c3)cs2)cc1. The van der Waals surface area contributed by atoms with Crippen molar-refractivity contribution in [2.24, 2.45) is 5.73 Å². The summed E-state index contributed by atoms with van der Waals surface area (Å²) < 4.78 is 10.4. The number of carbonyl (C=O) groups excluding carboxylic acids is 2. The van der Waals surface area contributed by atoms with E-state index in [0.717, 1.165) is 16.3 Å². The Hall–Kier alpha value is -3.39. The second kappa shape index (κ2) is 8.33. The zero-order valence-corrected chi connectivity index (χ0v) is 15.3. The first-order valence-corrected chi connectivity index (χ1v) is 8.85. The number of nitrogens with one attached hydrogen (secondary N) is 1. The first kappa shape index (κ1) is 18.4. The number of rotatable bonds is 6. The number of esters is 1. The number of hydrogen-bond acceptors (Lipinski definition) is 6. The van der Waals surface area contributed by atoms with Gasteiger partial charge in [-0.1, -0.05) is 6.07 Å². The van der Waals surface area contributed by atoms with Crippen LogP contribution in [0, 0.1) is 0 Å². The number of hydrogen-bond donors (Lipinski definition) is 2. The fraction of sp³-hybridized carbons (Fsp3) is 0.105. The van der Waals surface area contributed by atoms with Crippen molar-refractivity contribution in [3.05, 3.63) is 65.2 Å². The van der Waals surface area contributed by atoms with Crippen LogP contribution in [0.15, 0.2) is 53.9 Å². The van der Waals surface area contributed by atoms with Crippen molar-refractivity contribution in [3.8, 4) is 16.3 Å². The van der Waals surface area contributed by atoms with Gasteiger partial charge in [0.2, 0.25) is 0 Å². The second-order valence-corrected chi connectivity index (χ2v) is 6.38. The van der Waals surface area contributed by atoms with Gasteiger partial charge in [-0.15, -0.1) is 11.3 Å². The van der Waals surface area contributed by atoms with Gasteiger partial charge >= 0.3 is 12.0 Å². The molecule has 0 fully saturated rings. The van der Waals surface area contributed by atoms with Crippen LogP contribution in [0.5, 0.6) is 5.75 Å². The smallest absolute Gasteiger partial charge is 0.338 e. The zero-order chi connectivity index (χ0) is 19.2. The third-order valence-corrected chi connectivity index (χ3v) is 4.55. The maximum absolute atomic E-state index is 12.2. The molecule has 2 amide bonds. The molecule has 3 N–H and O–H groups in total. The normalized spacial score (nSPS) is 10.3. The molecule has 0 unspecified atom stereocenters. The van der Waals surface area contributed by atoms with Crippen LogP contribution < -0.4 is 15.8 Å². The Kier molecular flexibility index (Phi) is 5.68. The highest BCUT2D eigenvalue weighted by molar-refractivity contribution is 7.13. The van der Waals surface area contributed by atoms with E-state index in [1.807, 2.05) is 29.6 Å². The van der Waals surface area contributed by atoms with Crippen molar-refractivity contribution in [3.63, 3.8) is 0 Å². The van der Waals surface area contributed by atoms with Crippen LogP contribution in [0.2, 0.25) is 0 Å². The minimum Gasteiger partial charge on any atom is -0.497 e. The summed E-state index contributed by atoms with van der Waals surface area (Å²) in [7, 11) is 1.62. The average Bonchev–Trinajstić information content (AvgIpc) is 3.15. The van der Waals surface area contributed by atoms with E-state index in [9.17, 15) is 9.59 Å². The van der Waals surface area contributed by atoms with Gasteiger partial charge in [-0.2, -0.15) is 0 Å². The Labute approximate surface area is 159 Å². The number of benzene rings is 2. The lowest BCUT2D eigenvalue weighted by molar-refractivity contribution is 0.0468. The van der Waals surface area contributed by atoms with Crippen molar-refractivity contribution >= 4 is 29.0 Å². The summed E-state index contributed by atoms with van der Waals surface area (Å²) >= 11 is 1.47. The van der Waals surface area contributed by atoms with Gasteiger partial charge in [0.1, 0.15) is 17.4 Å². The number of carbonyl (C=O) groups is 2. The van der Waals surface area contributed by atoms with Gasteiger partial charge in [-0.25, -0.2) is 14.6 Å². The van der Waals surface area contributed by atoms with E-state index in [-0.39, 0.29) is 6.61 Å². The lowest BCUT2D eigenvalue weighted by atomic mass is 10.2.